The Morgan fingerprint density at radius 3 is 2.60 bits per heavy atom. The van der Waals surface area contributed by atoms with Gasteiger partial charge >= 0.3 is 0 Å². The van der Waals surface area contributed by atoms with Gasteiger partial charge in [-0.1, -0.05) is 25.4 Å². The van der Waals surface area contributed by atoms with E-state index >= 15 is 0 Å². The van der Waals surface area contributed by atoms with Crippen LogP contribution in [0, 0.1) is 5.92 Å². The van der Waals surface area contributed by atoms with Crippen LogP contribution in [-0.4, -0.2) is 36.9 Å². The van der Waals surface area contributed by atoms with E-state index in [-0.39, 0.29) is 18.4 Å². The minimum absolute atomic E-state index is 0.00749. The van der Waals surface area contributed by atoms with Gasteiger partial charge in [0.25, 0.3) is 5.91 Å². The maximum Gasteiger partial charge on any atom is 0.254 e. The molecule has 0 atom stereocenters. The van der Waals surface area contributed by atoms with E-state index in [1.165, 1.54) is 11.0 Å². The van der Waals surface area contributed by atoms with Crippen molar-refractivity contribution >= 4 is 29.1 Å². The number of benzene rings is 1. The van der Waals surface area contributed by atoms with E-state index in [0.717, 1.165) is 0 Å². The van der Waals surface area contributed by atoms with Crippen LogP contribution in [0.3, 0.4) is 0 Å². The Kier molecular flexibility index (Phi) is 5.82. The van der Waals surface area contributed by atoms with Crippen LogP contribution >= 0.6 is 11.6 Å². The maximum atomic E-state index is 12.1. The number of rotatable bonds is 5. The highest BCUT2D eigenvalue weighted by Gasteiger charge is 2.15. The fourth-order valence-electron chi connectivity index (χ4n) is 1.54. The number of amides is 2. The van der Waals surface area contributed by atoms with Crippen LogP contribution in [0.4, 0.5) is 5.69 Å². The molecule has 20 heavy (non-hydrogen) atoms. The monoisotopic (exact) mass is 297 g/mol. The topological polar surface area (TPSA) is 75.4 Å². The van der Waals surface area contributed by atoms with Crippen molar-refractivity contribution in [2.75, 3.05) is 25.9 Å². The molecule has 0 saturated heterocycles. The number of nitrogens with two attached hydrogens (primary N) is 1. The van der Waals surface area contributed by atoms with Gasteiger partial charge in [-0.15, -0.1) is 0 Å². The summed E-state index contributed by atoms with van der Waals surface area (Å²) in [6, 6.07) is 4.66. The summed E-state index contributed by atoms with van der Waals surface area (Å²) in [5.74, 6) is -0.0847. The molecule has 0 aliphatic carbocycles. The predicted molar refractivity (Wildman–Crippen MR) is 80.7 cm³/mol. The normalized spacial score (nSPS) is 10.4. The Morgan fingerprint density at radius 1 is 1.40 bits per heavy atom. The van der Waals surface area contributed by atoms with Gasteiger partial charge < -0.3 is 16.0 Å². The van der Waals surface area contributed by atoms with Gasteiger partial charge in [0.1, 0.15) is 0 Å². The van der Waals surface area contributed by atoms with Crippen molar-refractivity contribution in [2.45, 2.75) is 13.8 Å². The highest BCUT2D eigenvalue weighted by Crippen LogP contribution is 2.20. The maximum absolute atomic E-state index is 12.1. The Morgan fingerprint density at radius 2 is 2.05 bits per heavy atom. The van der Waals surface area contributed by atoms with Crippen LogP contribution in [0.5, 0.6) is 0 Å². The summed E-state index contributed by atoms with van der Waals surface area (Å²) in [4.78, 5) is 25.1. The van der Waals surface area contributed by atoms with Gasteiger partial charge in [0.15, 0.2) is 0 Å². The molecule has 110 valence electrons. The highest BCUT2D eigenvalue weighted by molar-refractivity contribution is 6.33. The zero-order valence-corrected chi connectivity index (χ0v) is 12.7. The quantitative estimate of drug-likeness (QED) is 0.813. The molecule has 0 aliphatic heterocycles. The predicted octanol–water partition coefficient (Wildman–Crippen LogP) is 1.77. The third-order valence-electron chi connectivity index (χ3n) is 2.68. The Bertz CT molecular complexity index is 503. The van der Waals surface area contributed by atoms with Crippen molar-refractivity contribution in [1.82, 2.24) is 10.2 Å². The highest BCUT2D eigenvalue weighted by atomic mass is 35.5. The molecule has 0 aliphatic rings. The lowest BCUT2D eigenvalue weighted by atomic mass is 10.2. The first kappa shape index (κ1) is 16.3. The van der Waals surface area contributed by atoms with E-state index in [0.29, 0.717) is 28.7 Å². The van der Waals surface area contributed by atoms with Crippen molar-refractivity contribution < 1.29 is 9.59 Å². The molecule has 0 fully saturated rings. The fraction of sp³-hybridized carbons (Fsp3) is 0.429. The Hall–Kier alpha value is -1.75. The Labute approximate surface area is 124 Å². The largest absolute Gasteiger partial charge is 0.398 e. The van der Waals surface area contributed by atoms with Crippen LogP contribution < -0.4 is 11.1 Å². The van der Waals surface area contributed by atoms with Crippen molar-refractivity contribution in [3.8, 4) is 0 Å². The molecule has 0 saturated carbocycles. The summed E-state index contributed by atoms with van der Waals surface area (Å²) in [6.07, 6.45) is 0. The fourth-order valence-corrected chi connectivity index (χ4v) is 1.72. The number of carbonyl (C=O) groups excluding carboxylic acids is 2. The molecule has 3 N–H and O–H groups in total. The number of anilines is 1. The Balaban J connectivity index is 2.62. The van der Waals surface area contributed by atoms with Gasteiger partial charge in [-0.2, -0.15) is 0 Å². The van der Waals surface area contributed by atoms with Gasteiger partial charge in [-0.3, -0.25) is 9.59 Å². The first-order valence-electron chi connectivity index (χ1n) is 6.38. The van der Waals surface area contributed by atoms with E-state index in [1.54, 1.807) is 19.2 Å². The lowest BCUT2D eigenvalue weighted by molar-refractivity contribution is -0.121. The van der Waals surface area contributed by atoms with E-state index in [2.05, 4.69) is 5.32 Å². The molecule has 1 aromatic carbocycles. The van der Waals surface area contributed by atoms with Crippen LogP contribution in [0.25, 0.3) is 0 Å². The molecule has 5 nitrogen and oxygen atoms in total. The smallest absolute Gasteiger partial charge is 0.254 e. The van der Waals surface area contributed by atoms with Crippen LogP contribution in [-0.2, 0) is 4.79 Å². The first-order valence-corrected chi connectivity index (χ1v) is 6.76. The van der Waals surface area contributed by atoms with Crippen LogP contribution in [0.2, 0.25) is 5.02 Å². The summed E-state index contributed by atoms with van der Waals surface area (Å²) >= 11 is 5.88. The molecule has 1 rings (SSSR count). The molecule has 2 amide bonds. The number of nitrogen functional groups attached to an aromatic ring is 1. The van der Waals surface area contributed by atoms with E-state index < -0.39 is 0 Å². The number of likely N-dealkylation sites (N-methyl/N-ethyl adjacent to an activating group) is 1. The lowest BCUT2D eigenvalue weighted by Crippen LogP contribution is -2.39. The van der Waals surface area contributed by atoms with E-state index in [9.17, 15) is 9.59 Å². The lowest BCUT2D eigenvalue weighted by Gasteiger charge is -2.17. The third-order valence-corrected chi connectivity index (χ3v) is 3.01. The minimum atomic E-state index is -0.272. The van der Waals surface area contributed by atoms with Crippen LogP contribution in [0.15, 0.2) is 18.2 Å². The zero-order valence-electron chi connectivity index (χ0n) is 11.9. The second-order valence-corrected chi connectivity index (χ2v) is 5.50. The summed E-state index contributed by atoms with van der Waals surface area (Å²) < 4.78 is 0. The molecule has 0 spiro atoms. The molecule has 1 aromatic rings. The molecular formula is C14H20ClN3O2. The number of hydrogen-bond donors (Lipinski definition) is 2. The van der Waals surface area contributed by atoms with Gasteiger partial charge in [0.05, 0.1) is 17.3 Å². The van der Waals surface area contributed by atoms with Crippen molar-refractivity contribution in [1.29, 1.82) is 0 Å². The molecule has 0 bridgehead atoms. The summed E-state index contributed by atoms with van der Waals surface area (Å²) in [5.41, 5.74) is 6.42. The van der Waals surface area contributed by atoms with Gasteiger partial charge in [0, 0.05) is 19.2 Å². The zero-order chi connectivity index (χ0) is 15.3. The summed E-state index contributed by atoms with van der Waals surface area (Å²) in [7, 11) is 1.57. The second-order valence-electron chi connectivity index (χ2n) is 5.10. The minimum Gasteiger partial charge on any atom is -0.398 e. The molecule has 0 unspecified atom stereocenters. The molecule has 0 radical (unpaired) electrons. The first-order chi connectivity index (χ1) is 9.31. The molecule has 0 aromatic heterocycles. The standard InChI is InChI=1S/C14H20ClN3O2/c1-9(2)7-17-13(19)8-18(3)14(20)10-4-5-12(16)11(15)6-10/h4-6,9H,7-8,16H2,1-3H3,(H,17,19). The molecule has 0 heterocycles. The number of nitrogens with one attached hydrogen (secondary N) is 1. The van der Waals surface area contributed by atoms with Crippen LogP contribution in [0.1, 0.15) is 24.2 Å². The van der Waals surface area contributed by atoms with Crippen molar-refractivity contribution in [3.05, 3.63) is 28.8 Å². The van der Waals surface area contributed by atoms with E-state index in [4.69, 9.17) is 17.3 Å². The van der Waals surface area contributed by atoms with Gasteiger partial charge in [0.2, 0.25) is 5.91 Å². The number of hydrogen-bond acceptors (Lipinski definition) is 3. The number of carbonyl (C=O) groups is 2. The average Bonchev–Trinajstić information content (AvgIpc) is 2.38. The third kappa shape index (κ3) is 4.74. The molecule has 6 heteroatoms. The summed E-state index contributed by atoms with van der Waals surface area (Å²) in [5, 5.41) is 3.09. The molecular weight excluding hydrogens is 278 g/mol. The van der Waals surface area contributed by atoms with Crippen molar-refractivity contribution in [2.24, 2.45) is 5.92 Å². The SMILES string of the molecule is CC(C)CNC(=O)CN(C)C(=O)c1ccc(N)c(Cl)c1. The number of halogens is 1. The van der Waals surface area contributed by atoms with E-state index in [1.807, 2.05) is 13.8 Å². The average molecular weight is 298 g/mol. The van der Waals surface area contributed by atoms with Gasteiger partial charge in [-0.05, 0) is 24.1 Å². The second kappa shape index (κ2) is 7.14. The summed E-state index contributed by atoms with van der Waals surface area (Å²) in [6.45, 7) is 4.61. The van der Waals surface area contributed by atoms with Crippen molar-refractivity contribution in [3.63, 3.8) is 0 Å². The number of nitrogens with zero attached hydrogens (tertiary/aromatic N) is 1. The van der Waals surface area contributed by atoms with Gasteiger partial charge in [-0.25, -0.2) is 0 Å².